The Hall–Kier alpha value is -2.89. The van der Waals surface area contributed by atoms with E-state index in [9.17, 15) is 0 Å². The highest BCUT2D eigenvalue weighted by atomic mass is 15.3. The van der Waals surface area contributed by atoms with Crippen molar-refractivity contribution < 1.29 is 0 Å². The minimum absolute atomic E-state index is 0.366. The van der Waals surface area contributed by atoms with Gasteiger partial charge in [0.2, 0.25) is 0 Å². The molecule has 6 nitrogen and oxygen atoms in total. The third-order valence-electron chi connectivity index (χ3n) is 4.83. The van der Waals surface area contributed by atoms with E-state index in [0.717, 1.165) is 31.3 Å². The fraction of sp³-hybridized carbons (Fsp3) is 0.316. The van der Waals surface area contributed by atoms with E-state index in [1.807, 2.05) is 25.5 Å². The van der Waals surface area contributed by atoms with Crippen molar-refractivity contribution in [3.63, 3.8) is 0 Å². The van der Waals surface area contributed by atoms with Crippen LogP contribution in [0.15, 0.2) is 49.1 Å². The third kappa shape index (κ3) is 2.95. The highest BCUT2D eigenvalue weighted by Gasteiger charge is 2.25. The van der Waals surface area contributed by atoms with Gasteiger partial charge in [-0.25, -0.2) is 9.97 Å². The van der Waals surface area contributed by atoms with Crippen LogP contribution >= 0.6 is 0 Å². The second-order valence-corrected chi connectivity index (χ2v) is 6.37. The molecule has 1 unspecified atom stereocenters. The van der Waals surface area contributed by atoms with Gasteiger partial charge < -0.3 is 15.1 Å². The summed E-state index contributed by atoms with van der Waals surface area (Å²) >= 11 is 0. The van der Waals surface area contributed by atoms with Gasteiger partial charge in [0, 0.05) is 67.6 Å². The Kier molecular flexibility index (Phi) is 4.09. The molecule has 2 aromatic heterocycles. The molecule has 1 atom stereocenters. The molecule has 1 aliphatic heterocycles. The molecule has 0 spiro atoms. The van der Waals surface area contributed by atoms with E-state index < -0.39 is 0 Å². The summed E-state index contributed by atoms with van der Waals surface area (Å²) in [4.78, 5) is 17.7. The Morgan fingerprint density at radius 2 is 2.08 bits per heavy atom. The Morgan fingerprint density at radius 3 is 2.92 bits per heavy atom. The van der Waals surface area contributed by atoms with Gasteiger partial charge in [-0.05, 0) is 19.1 Å². The van der Waals surface area contributed by atoms with E-state index in [0.29, 0.717) is 6.04 Å². The van der Waals surface area contributed by atoms with Crippen LogP contribution in [0.25, 0.3) is 10.8 Å². The molecule has 4 rings (SSSR count). The SMILES string of the molecule is CNc1cc(N2CCN(c3cccc4cnccc34)CC2C)ncn1. The topological polar surface area (TPSA) is 57.2 Å². The lowest BCUT2D eigenvalue weighted by atomic mass is 10.1. The number of fused-ring (bicyclic) bond motifs is 1. The Bertz CT molecular complexity index is 875. The zero-order chi connectivity index (χ0) is 17.2. The molecule has 0 saturated carbocycles. The minimum atomic E-state index is 0.366. The standard InChI is InChI=1S/C19H22N6/c1-14-12-24(17-5-3-4-15-11-21-7-6-16(15)17)8-9-25(14)19-10-18(20-2)22-13-23-19/h3-7,10-11,13-14H,8-9,12H2,1-2H3,(H,20,22,23). The number of nitrogens with zero attached hydrogens (tertiary/aromatic N) is 5. The molecule has 25 heavy (non-hydrogen) atoms. The zero-order valence-electron chi connectivity index (χ0n) is 14.6. The fourth-order valence-electron chi connectivity index (χ4n) is 3.54. The maximum Gasteiger partial charge on any atom is 0.134 e. The molecule has 6 heteroatoms. The molecular formula is C19H22N6. The van der Waals surface area contributed by atoms with Crippen molar-refractivity contribution in [2.75, 3.05) is 41.8 Å². The summed E-state index contributed by atoms with van der Waals surface area (Å²) in [6.07, 6.45) is 5.42. The lowest BCUT2D eigenvalue weighted by Gasteiger charge is -2.42. The second-order valence-electron chi connectivity index (χ2n) is 6.37. The van der Waals surface area contributed by atoms with E-state index in [4.69, 9.17) is 0 Å². The van der Waals surface area contributed by atoms with Crippen LogP contribution in [-0.2, 0) is 0 Å². The zero-order valence-corrected chi connectivity index (χ0v) is 14.6. The Labute approximate surface area is 147 Å². The molecule has 1 N–H and O–H groups in total. The third-order valence-corrected chi connectivity index (χ3v) is 4.83. The molecule has 0 bridgehead atoms. The number of aromatic nitrogens is 3. The van der Waals surface area contributed by atoms with Gasteiger partial charge in [0.15, 0.2) is 0 Å². The molecule has 3 heterocycles. The molecule has 3 aromatic rings. The Morgan fingerprint density at radius 1 is 1.16 bits per heavy atom. The average molecular weight is 334 g/mol. The van der Waals surface area contributed by atoms with Gasteiger partial charge in [-0.3, -0.25) is 4.98 Å². The number of rotatable bonds is 3. The van der Waals surface area contributed by atoms with Crippen molar-refractivity contribution in [3.05, 3.63) is 49.1 Å². The van der Waals surface area contributed by atoms with E-state index in [1.165, 1.54) is 16.5 Å². The minimum Gasteiger partial charge on any atom is -0.373 e. The summed E-state index contributed by atoms with van der Waals surface area (Å²) in [5, 5.41) is 5.53. The van der Waals surface area contributed by atoms with Crippen LogP contribution in [0.4, 0.5) is 17.3 Å². The van der Waals surface area contributed by atoms with E-state index in [-0.39, 0.29) is 0 Å². The van der Waals surface area contributed by atoms with E-state index in [1.54, 1.807) is 6.33 Å². The molecule has 1 aromatic carbocycles. The molecular weight excluding hydrogens is 312 g/mol. The number of piperazine rings is 1. The normalized spacial score (nSPS) is 17.8. The lowest BCUT2D eigenvalue weighted by molar-refractivity contribution is 0.547. The van der Waals surface area contributed by atoms with Crippen LogP contribution in [0.5, 0.6) is 0 Å². The number of hydrogen-bond donors (Lipinski definition) is 1. The summed E-state index contributed by atoms with van der Waals surface area (Å²) in [6, 6.07) is 10.9. The quantitative estimate of drug-likeness (QED) is 0.795. The van der Waals surface area contributed by atoms with Gasteiger partial charge in [0.05, 0.1) is 0 Å². The first kappa shape index (κ1) is 15.6. The molecule has 128 valence electrons. The molecule has 0 amide bonds. The molecule has 0 radical (unpaired) electrons. The second kappa shape index (κ2) is 6.55. The van der Waals surface area contributed by atoms with Gasteiger partial charge in [-0.2, -0.15) is 0 Å². The first-order valence-corrected chi connectivity index (χ1v) is 8.60. The highest BCUT2D eigenvalue weighted by Crippen LogP contribution is 2.29. The summed E-state index contributed by atoms with van der Waals surface area (Å²) in [6.45, 7) is 5.10. The summed E-state index contributed by atoms with van der Waals surface area (Å²) in [7, 11) is 1.88. The molecule has 1 fully saturated rings. The monoisotopic (exact) mass is 334 g/mol. The first-order chi connectivity index (χ1) is 12.3. The largest absolute Gasteiger partial charge is 0.373 e. The van der Waals surface area contributed by atoms with Crippen LogP contribution in [0.2, 0.25) is 0 Å². The van der Waals surface area contributed by atoms with E-state index in [2.05, 4.69) is 61.3 Å². The fourth-order valence-corrected chi connectivity index (χ4v) is 3.54. The van der Waals surface area contributed by atoms with Crippen molar-refractivity contribution in [2.24, 2.45) is 0 Å². The van der Waals surface area contributed by atoms with Crippen molar-refractivity contribution in [1.82, 2.24) is 15.0 Å². The number of anilines is 3. The summed E-state index contributed by atoms with van der Waals surface area (Å²) in [5.41, 5.74) is 1.28. The van der Waals surface area contributed by atoms with Gasteiger partial charge in [0.1, 0.15) is 18.0 Å². The van der Waals surface area contributed by atoms with Crippen LogP contribution in [0, 0.1) is 0 Å². The van der Waals surface area contributed by atoms with Gasteiger partial charge in [-0.15, -0.1) is 0 Å². The van der Waals surface area contributed by atoms with Gasteiger partial charge in [-0.1, -0.05) is 12.1 Å². The predicted octanol–water partition coefficient (Wildman–Crippen LogP) is 2.78. The Balaban J connectivity index is 1.58. The number of nitrogens with one attached hydrogen (secondary N) is 1. The van der Waals surface area contributed by atoms with Crippen molar-refractivity contribution in [2.45, 2.75) is 13.0 Å². The van der Waals surface area contributed by atoms with Crippen molar-refractivity contribution in [1.29, 1.82) is 0 Å². The number of hydrogen-bond acceptors (Lipinski definition) is 6. The maximum absolute atomic E-state index is 4.46. The summed E-state index contributed by atoms with van der Waals surface area (Å²) in [5.74, 6) is 1.83. The number of pyridine rings is 1. The van der Waals surface area contributed by atoms with Crippen LogP contribution in [-0.4, -0.2) is 47.7 Å². The summed E-state index contributed by atoms with van der Waals surface area (Å²) < 4.78 is 0. The molecule has 0 aliphatic carbocycles. The molecule has 1 aliphatic rings. The number of benzene rings is 1. The maximum atomic E-state index is 4.46. The van der Waals surface area contributed by atoms with Crippen LogP contribution in [0.1, 0.15) is 6.92 Å². The average Bonchev–Trinajstić information content (AvgIpc) is 2.67. The van der Waals surface area contributed by atoms with E-state index >= 15 is 0 Å². The van der Waals surface area contributed by atoms with Crippen molar-refractivity contribution >= 4 is 28.1 Å². The van der Waals surface area contributed by atoms with Gasteiger partial charge >= 0.3 is 0 Å². The molecule has 1 saturated heterocycles. The van der Waals surface area contributed by atoms with Crippen molar-refractivity contribution in [3.8, 4) is 0 Å². The first-order valence-electron chi connectivity index (χ1n) is 8.60. The highest BCUT2D eigenvalue weighted by molar-refractivity contribution is 5.93. The van der Waals surface area contributed by atoms with Crippen LogP contribution < -0.4 is 15.1 Å². The smallest absolute Gasteiger partial charge is 0.134 e. The van der Waals surface area contributed by atoms with Crippen LogP contribution in [0.3, 0.4) is 0 Å². The predicted molar refractivity (Wildman–Crippen MR) is 102 cm³/mol. The van der Waals surface area contributed by atoms with Gasteiger partial charge in [0.25, 0.3) is 0 Å². The lowest BCUT2D eigenvalue weighted by Crippen LogP contribution is -2.52.